The van der Waals surface area contributed by atoms with Crippen LogP contribution < -0.4 is 10.0 Å². The largest absolute Gasteiger partial charge is 0.460 e. The Labute approximate surface area is 156 Å². The van der Waals surface area contributed by atoms with Gasteiger partial charge in [-0.2, -0.15) is 39.5 Å². The van der Waals surface area contributed by atoms with E-state index in [0.29, 0.717) is 24.3 Å². The number of alkyl halides is 9. The molecule has 29 heavy (non-hydrogen) atoms. The fourth-order valence-corrected chi connectivity index (χ4v) is 2.68. The van der Waals surface area contributed by atoms with Gasteiger partial charge in [-0.3, -0.25) is 9.59 Å². The second-order valence-electron chi connectivity index (χ2n) is 5.36. The number of anilines is 1. The van der Waals surface area contributed by atoms with Crippen LogP contribution in [0, 0.1) is 0 Å². The predicted molar refractivity (Wildman–Crippen MR) is 77.0 cm³/mol. The van der Waals surface area contributed by atoms with E-state index in [1.807, 2.05) is 0 Å². The molecule has 0 aliphatic rings. The number of hydrogen-bond acceptors (Lipinski definition) is 4. The zero-order valence-electron chi connectivity index (χ0n) is 13.8. The molecule has 1 aromatic rings. The van der Waals surface area contributed by atoms with Crippen LogP contribution in [-0.2, 0) is 19.6 Å². The number of nitrogens with one attached hydrogen (secondary N) is 2. The van der Waals surface area contributed by atoms with E-state index in [2.05, 4.69) is 0 Å². The van der Waals surface area contributed by atoms with Crippen molar-refractivity contribution in [2.75, 3.05) is 5.32 Å². The lowest BCUT2D eigenvalue weighted by Crippen LogP contribution is -2.64. The predicted octanol–water partition coefficient (Wildman–Crippen LogP) is 2.92. The molecule has 0 saturated carbocycles. The van der Waals surface area contributed by atoms with E-state index in [9.17, 15) is 57.5 Å². The number of rotatable bonds is 6. The zero-order valence-corrected chi connectivity index (χ0v) is 14.6. The molecule has 0 fully saturated rings. The van der Waals surface area contributed by atoms with Crippen molar-refractivity contribution in [3.63, 3.8) is 0 Å². The monoisotopic (exact) mass is 460 g/mol. The number of hydrogen-bond donors (Lipinski definition) is 2. The molecule has 2 N–H and O–H groups in total. The first-order chi connectivity index (χ1) is 12.8. The molecule has 0 unspecified atom stereocenters. The molecule has 0 heterocycles. The average molecular weight is 460 g/mol. The van der Waals surface area contributed by atoms with Crippen molar-refractivity contribution in [2.45, 2.75) is 35.8 Å². The molecular weight excluding hydrogens is 451 g/mol. The number of benzene rings is 1. The molecule has 0 aliphatic heterocycles. The van der Waals surface area contributed by atoms with E-state index in [1.54, 1.807) is 0 Å². The van der Waals surface area contributed by atoms with Crippen LogP contribution in [0.2, 0.25) is 0 Å². The van der Waals surface area contributed by atoms with Gasteiger partial charge >= 0.3 is 29.9 Å². The Morgan fingerprint density at radius 1 is 0.828 bits per heavy atom. The minimum Gasteiger partial charge on any atom is -0.321 e. The Hall–Kier alpha value is -2.52. The van der Waals surface area contributed by atoms with E-state index >= 15 is 0 Å². The second kappa shape index (κ2) is 7.38. The van der Waals surface area contributed by atoms with Crippen molar-refractivity contribution in [3.8, 4) is 0 Å². The fourth-order valence-electron chi connectivity index (χ4n) is 1.69. The molecule has 0 bridgehead atoms. The lowest BCUT2D eigenvalue weighted by atomic mass is 10.0. The maximum Gasteiger partial charge on any atom is 0.460 e. The smallest absolute Gasteiger partial charge is 0.321 e. The summed E-state index contributed by atoms with van der Waals surface area (Å²) in [5.41, 5.74) is -0.845. The van der Waals surface area contributed by atoms with Crippen molar-refractivity contribution in [3.05, 3.63) is 24.3 Å². The highest BCUT2D eigenvalue weighted by molar-refractivity contribution is 7.90. The van der Waals surface area contributed by atoms with Crippen LogP contribution in [0.3, 0.4) is 0 Å². The lowest BCUT2D eigenvalue weighted by molar-refractivity contribution is -0.388. The molecule has 1 rings (SSSR count). The molecule has 1 aromatic carbocycles. The van der Waals surface area contributed by atoms with E-state index in [-0.39, 0.29) is 0 Å². The molecule has 2 amide bonds. The first-order valence-electron chi connectivity index (χ1n) is 6.92. The SMILES string of the molecule is CC(=O)NS(=O)(=O)c1ccc(NC(=O)C(F)(F)C(F)(F)C(F)(F)C(F)(F)F)cc1. The van der Waals surface area contributed by atoms with Crippen LogP contribution in [0.4, 0.5) is 45.2 Å². The molecule has 0 spiro atoms. The van der Waals surface area contributed by atoms with Gasteiger partial charge in [0.1, 0.15) is 0 Å². The number of halogens is 9. The molecule has 0 saturated heterocycles. The standard InChI is InChI=1S/C13H9F9N2O4S/c1-6(25)24-29(27,28)8-4-2-7(3-5-8)23-9(26)10(14,15)11(16,17)12(18,19)13(20,21)22/h2-5H,1H3,(H,23,26)(H,24,25). The summed E-state index contributed by atoms with van der Waals surface area (Å²) in [4.78, 5) is 21.4. The van der Waals surface area contributed by atoms with Gasteiger partial charge < -0.3 is 5.32 Å². The first-order valence-corrected chi connectivity index (χ1v) is 8.41. The van der Waals surface area contributed by atoms with E-state index in [1.165, 1.54) is 4.72 Å². The van der Waals surface area contributed by atoms with E-state index in [4.69, 9.17) is 0 Å². The van der Waals surface area contributed by atoms with Gasteiger partial charge in [0.15, 0.2) is 0 Å². The van der Waals surface area contributed by atoms with E-state index in [0.717, 1.165) is 12.2 Å². The molecular formula is C13H9F9N2O4S. The van der Waals surface area contributed by atoms with Crippen LogP contribution in [0.25, 0.3) is 0 Å². The second-order valence-corrected chi connectivity index (χ2v) is 7.04. The first kappa shape index (κ1) is 24.5. The summed E-state index contributed by atoms with van der Waals surface area (Å²) in [5, 5.41) is 0.980. The third kappa shape index (κ3) is 4.56. The number of sulfonamides is 1. The average Bonchev–Trinajstić information content (AvgIpc) is 2.52. The summed E-state index contributed by atoms with van der Waals surface area (Å²) >= 11 is 0. The Balaban J connectivity index is 3.13. The minimum absolute atomic E-state index is 0.530. The Kier molecular flexibility index (Phi) is 6.24. The fraction of sp³-hybridized carbons (Fsp3) is 0.385. The number of carbonyl (C=O) groups is 2. The quantitative estimate of drug-likeness (QED) is 0.639. The van der Waals surface area contributed by atoms with Crippen LogP contribution in [0.5, 0.6) is 0 Å². The maximum atomic E-state index is 13.4. The topological polar surface area (TPSA) is 92.3 Å². The van der Waals surface area contributed by atoms with Gasteiger partial charge in [0.25, 0.3) is 10.0 Å². The molecule has 0 aromatic heterocycles. The van der Waals surface area contributed by atoms with Crippen molar-refractivity contribution >= 4 is 27.5 Å². The summed E-state index contributed by atoms with van der Waals surface area (Å²) in [6, 6.07) is 2.26. The van der Waals surface area contributed by atoms with Crippen molar-refractivity contribution in [1.29, 1.82) is 0 Å². The van der Waals surface area contributed by atoms with E-state index < -0.39 is 56.4 Å². The van der Waals surface area contributed by atoms with Crippen LogP contribution >= 0.6 is 0 Å². The van der Waals surface area contributed by atoms with Gasteiger partial charge in [-0.1, -0.05) is 0 Å². The molecule has 0 radical (unpaired) electrons. The summed E-state index contributed by atoms with van der Waals surface area (Å²) in [5.74, 6) is -25.1. The van der Waals surface area contributed by atoms with Gasteiger partial charge in [0, 0.05) is 12.6 Å². The highest BCUT2D eigenvalue weighted by Gasteiger charge is 2.83. The van der Waals surface area contributed by atoms with Crippen LogP contribution in [-0.4, -0.2) is 44.2 Å². The molecule has 164 valence electrons. The normalized spacial score (nSPS) is 13.7. The van der Waals surface area contributed by atoms with Gasteiger partial charge in [-0.25, -0.2) is 13.1 Å². The highest BCUT2D eigenvalue weighted by atomic mass is 32.2. The third-order valence-corrected chi connectivity index (χ3v) is 4.58. The number of carbonyl (C=O) groups excluding carboxylic acids is 2. The third-order valence-electron chi connectivity index (χ3n) is 3.13. The molecule has 0 aliphatic carbocycles. The number of amides is 2. The van der Waals surface area contributed by atoms with Crippen LogP contribution in [0.1, 0.15) is 6.92 Å². The summed E-state index contributed by atoms with van der Waals surface area (Å²) < 4.78 is 140. The summed E-state index contributed by atoms with van der Waals surface area (Å²) in [7, 11) is -4.40. The minimum atomic E-state index is -7.24. The van der Waals surface area contributed by atoms with Crippen molar-refractivity contribution in [2.24, 2.45) is 0 Å². The van der Waals surface area contributed by atoms with Crippen LogP contribution in [0.15, 0.2) is 29.2 Å². The maximum absolute atomic E-state index is 13.4. The van der Waals surface area contributed by atoms with Gasteiger partial charge in [-0.15, -0.1) is 0 Å². The van der Waals surface area contributed by atoms with Gasteiger partial charge in [0.2, 0.25) is 5.91 Å². The Morgan fingerprint density at radius 3 is 1.66 bits per heavy atom. The van der Waals surface area contributed by atoms with Gasteiger partial charge in [-0.05, 0) is 24.3 Å². The molecule has 16 heteroatoms. The van der Waals surface area contributed by atoms with Gasteiger partial charge in [0.05, 0.1) is 4.90 Å². The van der Waals surface area contributed by atoms with Crippen molar-refractivity contribution < 1.29 is 57.5 Å². The zero-order chi connectivity index (χ0) is 23.1. The van der Waals surface area contributed by atoms with Crippen molar-refractivity contribution in [1.82, 2.24) is 4.72 Å². The Bertz CT molecular complexity index is 896. The highest BCUT2D eigenvalue weighted by Crippen LogP contribution is 2.53. The lowest BCUT2D eigenvalue weighted by Gasteiger charge is -2.32. The molecule has 6 nitrogen and oxygen atoms in total. The summed E-state index contributed by atoms with van der Waals surface area (Å²) in [6.07, 6.45) is -7.08. The molecule has 0 atom stereocenters. The Morgan fingerprint density at radius 2 is 1.28 bits per heavy atom. The summed E-state index contributed by atoms with van der Waals surface area (Å²) in [6.45, 7) is 0.838.